The molecule has 1 aromatic rings. The number of anilines is 1. The Bertz CT molecular complexity index is 453. The number of hydrogen-bond acceptors (Lipinski definition) is 2. The van der Waals surface area contributed by atoms with Crippen molar-refractivity contribution in [3.63, 3.8) is 0 Å². The fourth-order valence-corrected chi connectivity index (χ4v) is 3.28. The van der Waals surface area contributed by atoms with E-state index in [0.717, 1.165) is 19.0 Å². The molecule has 2 nitrogen and oxygen atoms in total. The molecule has 2 heteroatoms. The van der Waals surface area contributed by atoms with Crippen LogP contribution in [0.5, 0.6) is 0 Å². The monoisotopic (exact) mass is 288 g/mol. The zero-order valence-electron chi connectivity index (χ0n) is 14.4. The number of hydrogen-bond donors (Lipinski definition) is 1. The van der Waals surface area contributed by atoms with Gasteiger partial charge in [0.15, 0.2) is 0 Å². The predicted octanol–water partition coefficient (Wildman–Crippen LogP) is 4.37. The Morgan fingerprint density at radius 3 is 2.67 bits per heavy atom. The second-order valence-electron chi connectivity index (χ2n) is 7.33. The van der Waals surface area contributed by atoms with E-state index in [4.69, 9.17) is 0 Å². The Morgan fingerprint density at radius 2 is 2.00 bits per heavy atom. The highest BCUT2D eigenvalue weighted by atomic mass is 15.2. The first-order valence-corrected chi connectivity index (χ1v) is 8.54. The van der Waals surface area contributed by atoms with Gasteiger partial charge in [0.05, 0.1) is 0 Å². The van der Waals surface area contributed by atoms with E-state index in [1.54, 1.807) is 0 Å². The summed E-state index contributed by atoms with van der Waals surface area (Å²) in [6.45, 7) is 14.8. The van der Waals surface area contributed by atoms with E-state index in [1.807, 2.05) is 0 Å². The molecule has 0 spiro atoms. The third kappa shape index (κ3) is 4.47. The minimum atomic E-state index is 0.671. The van der Waals surface area contributed by atoms with Crippen molar-refractivity contribution >= 4 is 5.69 Å². The third-order valence-electron chi connectivity index (χ3n) is 4.57. The van der Waals surface area contributed by atoms with Gasteiger partial charge in [-0.05, 0) is 62.3 Å². The fraction of sp³-hybridized carbons (Fsp3) is 0.684. The molecule has 1 N–H and O–H groups in total. The smallest absolute Gasteiger partial charge is 0.0398 e. The maximum atomic E-state index is 3.53. The van der Waals surface area contributed by atoms with Gasteiger partial charge in [0, 0.05) is 24.8 Å². The van der Waals surface area contributed by atoms with Gasteiger partial charge in [0.2, 0.25) is 0 Å². The van der Waals surface area contributed by atoms with Crippen molar-refractivity contribution in [2.24, 2.45) is 11.8 Å². The van der Waals surface area contributed by atoms with E-state index in [1.165, 1.54) is 36.2 Å². The van der Waals surface area contributed by atoms with Crippen LogP contribution in [0.1, 0.15) is 51.7 Å². The topological polar surface area (TPSA) is 15.3 Å². The van der Waals surface area contributed by atoms with Crippen LogP contribution in [0.15, 0.2) is 18.2 Å². The molecule has 0 amide bonds. The molecule has 1 heterocycles. The van der Waals surface area contributed by atoms with E-state index in [-0.39, 0.29) is 0 Å². The van der Waals surface area contributed by atoms with Gasteiger partial charge in [-0.2, -0.15) is 0 Å². The highest BCUT2D eigenvalue weighted by molar-refractivity contribution is 5.55. The molecule has 2 unspecified atom stereocenters. The lowest BCUT2D eigenvalue weighted by atomic mass is 9.93. The SMILES string of the molecule is Cc1cc(CNCC(C)C)ccc1N1CC(C)CCC1C. The quantitative estimate of drug-likeness (QED) is 0.865. The van der Waals surface area contributed by atoms with Crippen molar-refractivity contribution in [2.45, 2.75) is 60.0 Å². The van der Waals surface area contributed by atoms with Gasteiger partial charge >= 0.3 is 0 Å². The van der Waals surface area contributed by atoms with Crippen LogP contribution in [-0.4, -0.2) is 19.1 Å². The Balaban J connectivity index is 2.04. The van der Waals surface area contributed by atoms with Gasteiger partial charge < -0.3 is 10.2 Å². The maximum absolute atomic E-state index is 3.53. The lowest BCUT2D eigenvalue weighted by molar-refractivity contribution is 0.390. The summed E-state index contributed by atoms with van der Waals surface area (Å²) in [6, 6.07) is 7.65. The van der Waals surface area contributed by atoms with Crippen molar-refractivity contribution in [1.29, 1.82) is 0 Å². The Labute approximate surface area is 130 Å². The van der Waals surface area contributed by atoms with Crippen molar-refractivity contribution < 1.29 is 0 Å². The molecule has 0 aromatic heterocycles. The van der Waals surface area contributed by atoms with E-state index >= 15 is 0 Å². The summed E-state index contributed by atoms with van der Waals surface area (Å²) in [7, 11) is 0. The molecule has 0 radical (unpaired) electrons. The Kier molecular flexibility index (Phi) is 5.69. The zero-order chi connectivity index (χ0) is 15.4. The molecule has 1 saturated heterocycles. The molecule has 1 fully saturated rings. The summed E-state index contributed by atoms with van der Waals surface area (Å²) in [4.78, 5) is 2.61. The molecule has 1 aliphatic rings. The van der Waals surface area contributed by atoms with E-state index in [0.29, 0.717) is 12.0 Å². The third-order valence-corrected chi connectivity index (χ3v) is 4.57. The lowest BCUT2D eigenvalue weighted by Gasteiger charge is -2.39. The van der Waals surface area contributed by atoms with Gasteiger partial charge in [-0.15, -0.1) is 0 Å². The molecule has 1 aromatic carbocycles. The van der Waals surface area contributed by atoms with Gasteiger partial charge in [0.1, 0.15) is 0 Å². The maximum Gasteiger partial charge on any atom is 0.0398 e. The standard InChI is InChI=1S/C19H32N2/c1-14(2)11-20-12-18-8-9-19(16(4)10-18)21-13-15(3)6-7-17(21)5/h8-10,14-15,17,20H,6-7,11-13H2,1-5H3. The first kappa shape index (κ1) is 16.4. The molecule has 2 rings (SSSR count). The second-order valence-corrected chi connectivity index (χ2v) is 7.33. The molecular formula is C19H32N2. The Morgan fingerprint density at radius 1 is 1.24 bits per heavy atom. The van der Waals surface area contributed by atoms with Crippen LogP contribution in [-0.2, 0) is 6.54 Å². The largest absolute Gasteiger partial charge is 0.368 e. The molecule has 0 bridgehead atoms. The van der Waals surface area contributed by atoms with Gasteiger partial charge in [-0.1, -0.05) is 32.9 Å². The molecule has 21 heavy (non-hydrogen) atoms. The van der Waals surface area contributed by atoms with E-state index in [2.05, 4.69) is 63.0 Å². The predicted molar refractivity (Wildman–Crippen MR) is 92.9 cm³/mol. The molecule has 0 saturated carbocycles. The number of aryl methyl sites for hydroxylation is 1. The van der Waals surface area contributed by atoms with Crippen molar-refractivity contribution in [1.82, 2.24) is 5.32 Å². The first-order valence-electron chi connectivity index (χ1n) is 8.54. The minimum absolute atomic E-state index is 0.671. The van der Waals surface area contributed by atoms with Crippen LogP contribution < -0.4 is 10.2 Å². The summed E-state index contributed by atoms with van der Waals surface area (Å²) in [5, 5.41) is 3.53. The highest BCUT2D eigenvalue weighted by Crippen LogP contribution is 2.30. The molecular weight excluding hydrogens is 256 g/mol. The average Bonchev–Trinajstić information content (AvgIpc) is 2.42. The van der Waals surface area contributed by atoms with Crippen molar-refractivity contribution in [3.05, 3.63) is 29.3 Å². The highest BCUT2D eigenvalue weighted by Gasteiger charge is 2.23. The molecule has 118 valence electrons. The average molecular weight is 288 g/mol. The Hall–Kier alpha value is -1.02. The van der Waals surface area contributed by atoms with Gasteiger partial charge in [0.25, 0.3) is 0 Å². The minimum Gasteiger partial charge on any atom is -0.368 e. The summed E-state index contributed by atoms with van der Waals surface area (Å²) in [5.41, 5.74) is 4.25. The van der Waals surface area contributed by atoms with Crippen LogP contribution in [0.4, 0.5) is 5.69 Å². The number of nitrogens with one attached hydrogen (secondary N) is 1. The number of benzene rings is 1. The van der Waals surface area contributed by atoms with Crippen LogP contribution in [0.2, 0.25) is 0 Å². The van der Waals surface area contributed by atoms with Gasteiger partial charge in [-0.3, -0.25) is 0 Å². The normalized spacial score (nSPS) is 22.9. The van der Waals surface area contributed by atoms with Crippen LogP contribution in [0.25, 0.3) is 0 Å². The van der Waals surface area contributed by atoms with Crippen molar-refractivity contribution in [2.75, 3.05) is 18.0 Å². The first-order chi connectivity index (χ1) is 9.97. The molecule has 2 atom stereocenters. The van der Waals surface area contributed by atoms with Crippen molar-refractivity contribution in [3.8, 4) is 0 Å². The number of rotatable bonds is 5. The van der Waals surface area contributed by atoms with E-state index in [9.17, 15) is 0 Å². The molecule has 1 aliphatic heterocycles. The number of piperidine rings is 1. The summed E-state index contributed by atoms with van der Waals surface area (Å²) >= 11 is 0. The summed E-state index contributed by atoms with van der Waals surface area (Å²) in [5.74, 6) is 1.52. The van der Waals surface area contributed by atoms with Crippen LogP contribution in [0.3, 0.4) is 0 Å². The van der Waals surface area contributed by atoms with Crippen LogP contribution in [0, 0.1) is 18.8 Å². The zero-order valence-corrected chi connectivity index (χ0v) is 14.4. The van der Waals surface area contributed by atoms with Gasteiger partial charge in [-0.25, -0.2) is 0 Å². The fourth-order valence-electron chi connectivity index (χ4n) is 3.28. The second kappa shape index (κ2) is 7.31. The van der Waals surface area contributed by atoms with E-state index < -0.39 is 0 Å². The molecule has 0 aliphatic carbocycles. The number of nitrogens with zero attached hydrogens (tertiary/aromatic N) is 1. The van der Waals surface area contributed by atoms with Crippen LogP contribution >= 0.6 is 0 Å². The summed E-state index contributed by atoms with van der Waals surface area (Å²) < 4.78 is 0. The lowest BCUT2D eigenvalue weighted by Crippen LogP contribution is -2.41. The summed E-state index contributed by atoms with van der Waals surface area (Å²) in [6.07, 6.45) is 2.69.